The predicted molar refractivity (Wildman–Crippen MR) is 149 cm³/mol. The summed E-state index contributed by atoms with van der Waals surface area (Å²) in [6, 6.07) is 24.2. The van der Waals surface area contributed by atoms with Gasteiger partial charge in [-0.25, -0.2) is 14.5 Å². The van der Waals surface area contributed by atoms with Gasteiger partial charge >= 0.3 is 12.1 Å². The fourth-order valence-electron chi connectivity index (χ4n) is 4.93. The first-order valence-electron chi connectivity index (χ1n) is 12.7. The number of amides is 4. The van der Waals surface area contributed by atoms with E-state index in [1.165, 1.54) is 7.11 Å². The van der Waals surface area contributed by atoms with E-state index in [2.05, 4.69) is 5.32 Å². The molecule has 8 nitrogen and oxygen atoms in total. The van der Waals surface area contributed by atoms with Crippen LogP contribution in [0.15, 0.2) is 78.9 Å². The van der Waals surface area contributed by atoms with E-state index in [0.717, 1.165) is 54.2 Å². The number of imide groups is 1. The molecular weight excluding hydrogens is 480 g/mol. The molecule has 0 bridgehead atoms. The van der Waals surface area contributed by atoms with Gasteiger partial charge in [-0.1, -0.05) is 48.5 Å². The van der Waals surface area contributed by atoms with Gasteiger partial charge in [0.2, 0.25) is 0 Å². The summed E-state index contributed by atoms with van der Waals surface area (Å²) in [6.07, 6.45) is 2.50. The summed E-state index contributed by atoms with van der Waals surface area (Å²) in [6.45, 7) is 1.57. The van der Waals surface area contributed by atoms with Crippen LogP contribution >= 0.6 is 0 Å². The van der Waals surface area contributed by atoms with Crippen LogP contribution in [0.4, 0.5) is 26.7 Å². The van der Waals surface area contributed by atoms with E-state index >= 15 is 0 Å². The number of hydrogen-bond donors (Lipinski definition) is 1. The molecule has 2 heterocycles. The van der Waals surface area contributed by atoms with Gasteiger partial charge in [-0.05, 0) is 55.2 Å². The fraction of sp³-hybridized carbons (Fsp3) is 0.233. The highest BCUT2D eigenvalue weighted by atomic mass is 16.5. The molecule has 3 aromatic rings. The van der Waals surface area contributed by atoms with Crippen molar-refractivity contribution in [3.63, 3.8) is 0 Å². The van der Waals surface area contributed by atoms with Crippen LogP contribution in [-0.4, -0.2) is 50.2 Å². The van der Waals surface area contributed by atoms with Crippen molar-refractivity contribution in [2.45, 2.75) is 19.3 Å². The topological polar surface area (TPSA) is 82.2 Å². The van der Waals surface area contributed by atoms with Gasteiger partial charge in [0, 0.05) is 37.1 Å². The van der Waals surface area contributed by atoms with Gasteiger partial charge in [0.1, 0.15) is 0 Å². The Balaban J connectivity index is 1.50. The number of anilines is 3. The van der Waals surface area contributed by atoms with Crippen LogP contribution in [0.3, 0.4) is 0 Å². The third-order valence-corrected chi connectivity index (χ3v) is 6.94. The first-order chi connectivity index (χ1) is 18.5. The minimum absolute atomic E-state index is 0.00596. The molecule has 0 aliphatic carbocycles. The Bertz CT molecular complexity index is 1380. The standard InChI is InChI=1S/C30H30N4O4/c1-32(29(36)33-19-9-4-10-20-33)23-17-15-22(16-18-23)31-27(21-11-5-3-6-12-21)26-24-13-7-8-14-25(24)34(28(26)35)30(37)38-2/h3,5-8,11-18,31H,4,9-10,19-20H2,1-2H3/b27-26-. The van der Waals surface area contributed by atoms with Crippen molar-refractivity contribution in [3.8, 4) is 0 Å². The lowest BCUT2D eigenvalue weighted by molar-refractivity contribution is -0.112. The third kappa shape index (κ3) is 4.72. The molecule has 2 aliphatic rings. The predicted octanol–water partition coefficient (Wildman–Crippen LogP) is 5.82. The van der Waals surface area contributed by atoms with Crippen LogP contribution in [-0.2, 0) is 9.53 Å². The van der Waals surface area contributed by atoms with Crippen molar-refractivity contribution in [1.82, 2.24) is 4.90 Å². The van der Waals surface area contributed by atoms with E-state index < -0.39 is 12.0 Å². The van der Waals surface area contributed by atoms with Crippen molar-refractivity contribution in [2.24, 2.45) is 0 Å². The van der Waals surface area contributed by atoms with E-state index in [0.29, 0.717) is 22.5 Å². The van der Waals surface area contributed by atoms with E-state index in [4.69, 9.17) is 4.74 Å². The molecular formula is C30H30N4O4. The van der Waals surface area contributed by atoms with Crippen molar-refractivity contribution in [2.75, 3.05) is 42.4 Å². The lowest BCUT2D eigenvalue weighted by atomic mass is 10.00. The molecule has 0 unspecified atom stereocenters. The quantitative estimate of drug-likeness (QED) is 0.447. The Morgan fingerprint density at radius 3 is 2.21 bits per heavy atom. The molecule has 3 aromatic carbocycles. The number of urea groups is 1. The number of rotatable bonds is 4. The SMILES string of the molecule is COC(=O)N1C(=O)/C(=C(\Nc2ccc(N(C)C(=O)N3CCCCC3)cc2)c2ccccc2)c2ccccc21. The summed E-state index contributed by atoms with van der Waals surface area (Å²) in [5, 5.41) is 3.41. The third-order valence-electron chi connectivity index (χ3n) is 6.94. The van der Waals surface area contributed by atoms with Gasteiger partial charge in [-0.2, -0.15) is 0 Å². The molecule has 38 heavy (non-hydrogen) atoms. The average molecular weight is 511 g/mol. The zero-order chi connectivity index (χ0) is 26.6. The maximum atomic E-state index is 13.6. The Morgan fingerprint density at radius 1 is 0.868 bits per heavy atom. The summed E-state index contributed by atoms with van der Waals surface area (Å²) in [7, 11) is 3.04. The lowest BCUT2D eigenvalue weighted by Crippen LogP contribution is -2.43. The molecule has 0 saturated carbocycles. The molecule has 0 atom stereocenters. The van der Waals surface area contributed by atoms with Crippen LogP contribution in [0, 0.1) is 0 Å². The summed E-state index contributed by atoms with van der Waals surface area (Å²) < 4.78 is 4.90. The van der Waals surface area contributed by atoms with Crippen LogP contribution in [0.5, 0.6) is 0 Å². The minimum Gasteiger partial charge on any atom is -0.452 e. The van der Waals surface area contributed by atoms with E-state index in [1.54, 1.807) is 24.1 Å². The van der Waals surface area contributed by atoms with Crippen molar-refractivity contribution in [1.29, 1.82) is 0 Å². The van der Waals surface area contributed by atoms with Gasteiger partial charge in [-0.3, -0.25) is 9.69 Å². The maximum absolute atomic E-state index is 13.6. The van der Waals surface area contributed by atoms with E-state index in [-0.39, 0.29) is 6.03 Å². The van der Waals surface area contributed by atoms with Gasteiger partial charge in [-0.15, -0.1) is 0 Å². The molecule has 0 spiro atoms. The van der Waals surface area contributed by atoms with Crippen LogP contribution in [0.1, 0.15) is 30.4 Å². The number of para-hydroxylation sites is 1. The molecule has 1 N–H and O–H groups in total. The molecule has 5 rings (SSSR count). The number of fused-ring (bicyclic) bond motifs is 1. The molecule has 1 fully saturated rings. The van der Waals surface area contributed by atoms with Crippen molar-refractivity contribution in [3.05, 3.63) is 90.0 Å². The molecule has 2 aliphatic heterocycles. The number of ether oxygens (including phenoxy) is 1. The van der Waals surface area contributed by atoms with Crippen LogP contribution in [0.2, 0.25) is 0 Å². The second-order valence-electron chi connectivity index (χ2n) is 9.30. The molecule has 1 saturated heterocycles. The normalized spacial score (nSPS) is 16.1. The smallest absolute Gasteiger partial charge is 0.421 e. The Labute approximate surface area is 222 Å². The second kappa shape index (κ2) is 10.8. The highest BCUT2D eigenvalue weighted by Gasteiger charge is 2.39. The summed E-state index contributed by atoms with van der Waals surface area (Å²) in [4.78, 5) is 43.7. The Morgan fingerprint density at radius 2 is 1.53 bits per heavy atom. The largest absolute Gasteiger partial charge is 0.452 e. The Hall–Kier alpha value is -4.59. The number of methoxy groups -OCH3 is 1. The monoisotopic (exact) mass is 510 g/mol. The number of likely N-dealkylation sites (tertiary alicyclic amines) is 1. The number of nitrogens with zero attached hydrogens (tertiary/aromatic N) is 3. The fourth-order valence-corrected chi connectivity index (χ4v) is 4.93. The van der Waals surface area contributed by atoms with Gasteiger partial charge < -0.3 is 15.0 Å². The highest BCUT2D eigenvalue weighted by molar-refractivity contribution is 6.43. The van der Waals surface area contributed by atoms with Gasteiger partial charge in [0.05, 0.1) is 24.1 Å². The van der Waals surface area contributed by atoms with E-state index in [1.807, 2.05) is 71.6 Å². The maximum Gasteiger partial charge on any atom is 0.421 e. The number of carbonyl (C=O) groups is 3. The summed E-state index contributed by atoms with van der Waals surface area (Å²) in [5.74, 6) is -0.465. The summed E-state index contributed by atoms with van der Waals surface area (Å²) >= 11 is 0. The Kier molecular flexibility index (Phi) is 7.13. The van der Waals surface area contributed by atoms with Crippen molar-refractivity contribution >= 4 is 46.4 Å². The number of benzene rings is 3. The molecule has 194 valence electrons. The number of piperidine rings is 1. The number of carbonyl (C=O) groups excluding carboxylic acids is 3. The zero-order valence-corrected chi connectivity index (χ0v) is 21.5. The van der Waals surface area contributed by atoms with E-state index in [9.17, 15) is 14.4 Å². The minimum atomic E-state index is -0.740. The van der Waals surface area contributed by atoms with Crippen molar-refractivity contribution < 1.29 is 19.1 Å². The first-order valence-corrected chi connectivity index (χ1v) is 12.7. The highest BCUT2D eigenvalue weighted by Crippen LogP contribution is 2.41. The molecule has 4 amide bonds. The average Bonchev–Trinajstić information content (AvgIpc) is 3.27. The molecule has 8 heteroatoms. The second-order valence-corrected chi connectivity index (χ2v) is 9.30. The molecule has 0 radical (unpaired) electrons. The number of hydrogen-bond acceptors (Lipinski definition) is 5. The van der Waals surface area contributed by atoms with Gasteiger partial charge in [0.25, 0.3) is 5.91 Å². The summed E-state index contributed by atoms with van der Waals surface area (Å²) in [5.41, 5.74) is 4.36. The first kappa shape index (κ1) is 25.1. The molecule has 0 aromatic heterocycles. The number of nitrogens with one attached hydrogen (secondary N) is 1. The van der Waals surface area contributed by atoms with Gasteiger partial charge in [0.15, 0.2) is 0 Å². The van der Waals surface area contributed by atoms with Crippen LogP contribution in [0.25, 0.3) is 11.3 Å². The zero-order valence-electron chi connectivity index (χ0n) is 21.5. The lowest BCUT2D eigenvalue weighted by Gasteiger charge is -2.31. The van der Waals surface area contributed by atoms with Crippen LogP contribution < -0.4 is 15.1 Å².